The Morgan fingerprint density at radius 2 is 2.17 bits per heavy atom. The van der Waals surface area contributed by atoms with Gasteiger partial charge < -0.3 is 9.84 Å². The number of urea groups is 1. The third-order valence-corrected chi connectivity index (χ3v) is 3.12. The highest BCUT2D eigenvalue weighted by atomic mass is 16.5. The molecule has 2 aromatic heterocycles. The van der Waals surface area contributed by atoms with E-state index in [4.69, 9.17) is 4.52 Å². The van der Waals surface area contributed by atoms with E-state index in [2.05, 4.69) is 25.9 Å². The van der Waals surface area contributed by atoms with Gasteiger partial charge in [0.15, 0.2) is 11.6 Å². The number of amides is 2. The van der Waals surface area contributed by atoms with Gasteiger partial charge in [0, 0.05) is 17.7 Å². The molecule has 0 fully saturated rings. The molecule has 118 valence electrons. The number of benzene rings is 1. The molecule has 0 aliphatic heterocycles. The van der Waals surface area contributed by atoms with E-state index in [9.17, 15) is 4.79 Å². The number of hydrogen-bond acceptors (Lipinski definition) is 5. The van der Waals surface area contributed by atoms with Crippen LogP contribution >= 0.6 is 0 Å². The third-order valence-electron chi connectivity index (χ3n) is 3.12. The van der Waals surface area contributed by atoms with Gasteiger partial charge >= 0.3 is 6.03 Å². The molecule has 1 aromatic carbocycles. The first-order chi connectivity index (χ1) is 11.2. The SMILES string of the molecule is CC(Cn1cncn1)NC(=O)Nc1cc(-c2ccccc2)on1. The summed E-state index contributed by atoms with van der Waals surface area (Å²) in [5, 5.41) is 13.3. The molecular formula is C15H16N6O2. The lowest BCUT2D eigenvalue weighted by atomic mass is 10.2. The van der Waals surface area contributed by atoms with Gasteiger partial charge in [-0.25, -0.2) is 9.78 Å². The minimum atomic E-state index is -0.356. The molecule has 0 bridgehead atoms. The molecule has 23 heavy (non-hydrogen) atoms. The molecule has 3 aromatic rings. The summed E-state index contributed by atoms with van der Waals surface area (Å²) in [5.74, 6) is 0.950. The van der Waals surface area contributed by atoms with Crippen LogP contribution in [0, 0.1) is 0 Å². The topological polar surface area (TPSA) is 97.9 Å². The molecular weight excluding hydrogens is 296 g/mol. The van der Waals surface area contributed by atoms with Crippen LogP contribution in [0.1, 0.15) is 6.92 Å². The van der Waals surface area contributed by atoms with Gasteiger partial charge in [-0.05, 0) is 6.92 Å². The largest absolute Gasteiger partial charge is 0.354 e. The van der Waals surface area contributed by atoms with E-state index in [1.165, 1.54) is 6.33 Å². The van der Waals surface area contributed by atoms with Crippen molar-refractivity contribution in [2.45, 2.75) is 19.5 Å². The maximum atomic E-state index is 11.9. The van der Waals surface area contributed by atoms with Crippen molar-refractivity contribution >= 4 is 11.8 Å². The van der Waals surface area contributed by atoms with Crippen molar-refractivity contribution in [3.8, 4) is 11.3 Å². The number of nitrogens with zero attached hydrogens (tertiary/aromatic N) is 4. The maximum absolute atomic E-state index is 11.9. The second-order valence-corrected chi connectivity index (χ2v) is 5.06. The third kappa shape index (κ3) is 3.94. The van der Waals surface area contributed by atoms with Crippen molar-refractivity contribution < 1.29 is 9.32 Å². The standard InChI is InChI=1S/C15H16N6O2/c1-11(8-21-10-16-9-17-21)18-15(22)19-14-7-13(23-20-14)12-5-3-2-4-6-12/h2-7,9-11H,8H2,1H3,(H2,18,19,20,22). The maximum Gasteiger partial charge on any atom is 0.320 e. The molecule has 8 heteroatoms. The van der Waals surface area contributed by atoms with Crippen molar-refractivity contribution in [2.75, 3.05) is 5.32 Å². The van der Waals surface area contributed by atoms with Crippen LogP contribution in [0.15, 0.2) is 53.6 Å². The van der Waals surface area contributed by atoms with Crippen LogP contribution in [-0.4, -0.2) is 32.0 Å². The lowest BCUT2D eigenvalue weighted by Gasteiger charge is -2.13. The van der Waals surface area contributed by atoms with Crippen molar-refractivity contribution in [1.82, 2.24) is 25.2 Å². The van der Waals surface area contributed by atoms with Gasteiger partial charge in [-0.3, -0.25) is 10.00 Å². The van der Waals surface area contributed by atoms with Crippen molar-refractivity contribution in [3.05, 3.63) is 49.1 Å². The zero-order valence-corrected chi connectivity index (χ0v) is 12.5. The lowest BCUT2D eigenvalue weighted by Crippen LogP contribution is -2.38. The van der Waals surface area contributed by atoms with Gasteiger partial charge in [0.25, 0.3) is 0 Å². The predicted octanol–water partition coefficient (Wildman–Crippen LogP) is 2.14. The van der Waals surface area contributed by atoms with Crippen LogP contribution < -0.4 is 10.6 Å². The average Bonchev–Trinajstić information content (AvgIpc) is 3.20. The molecule has 3 rings (SSSR count). The molecule has 1 atom stereocenters. The van der Waals surface area contributed by atoms with E-state index in [1.807, 2.05) is 37.3 Å². The molecule has 2 heterocycles. The summed E-state index contributed by atoms with van der Waals surface area (Å²) in [4.78, 5) is 15.8. The summed E-state index contributed by atoms with van der Waals surface area (Å²) < 4.78 is 6.87. The first-order valence-electron chi connectivity index (χ1n) is 7.13. The van der Waals surface area contributed by atoms with Crippen LogP contribution in [0.5, 0.6) is 0 Å². The van der Waals surface area contributed by atoms with Crippen LogP contribution in [-0.2, 0) is 6.54 Å². The highest BCUT2D eigenvalue weighted by Gasteiger charge is 2.12. The number of aromatic nitrogens is 4. The van der Waals surface area contributed by atoms with Crippen molar-refractivity contribution in [3.63, 3.8) is 0 Å². The normalized spacial score (nSPS) is 11.9. The summed E-state index contributed by atoms with van der Waals surface area (Å²) >= 11 is 0. The lowest BCUT2D eigenvalue weighted by molar-refractivity contribution is 0.247. The smallest absolute Gasteiger partial charge is 0.320 e. The van der Waals surface area contributed by atoms with Gasteiger partial charge in [-0.2, -0.15) is 5.10 Å². The van der Waals surface area contributed by atoms with Crippen LogP contribution in [0.4, 0.5) is 10.6 Å². The molecule has 0 radical (unpaired) electrons. The van der Waals surface area contributed by atoms with Gasteiger partial charge in [-0.1, -0.05) is 35.5 Å². The molecule has 1 unspecified atom stereocenters. The molecule has 0 aliphatic carbocycles. The molecule has 0 spiro atoms. The van der Waals surface area contributed by atoms with Crippen LogP contribution in [0.25, 0.3) is 11.3 Å². The van der Waals surface area contributed by atoms with E-state index >= 15 is 0 Å². The Morgan fingerprint density at radius 1 is 1.35 bits per heavy atom. The molecule has 0 aliphatic rings. The van der Waals surface area contributed by atoms with E-state index in [0.717, 1.165) is 5.56 Å². The van der Waals surface area contributed by atoms with Gasteiger partial charge in [0.1, 0.15) is 12.7 Å². The van der Waals surface area contributed by atoms with E-state index in [1.54, 1.807) is 17.1 Å². The number of rotatable bonds is 5. The highest BCUT2D eigenvalue weighted by Crippen LogP contribution is 2.21. The van der Waals surface area contributed by atoms with Gasteiger partial charge in [0.05, 0.1) is 6.54 Å². The number of hydrogen-bond donors (Lipinski definition) is 2. The minimum Gasteiger partial charge on any atom is -0.354 e. The summed E-state index contributed by atoms with van der Waals surface area (Å²) in [5.41, 5.74) is 0.896. The predicted molar refractivity (Wildman–Crippen MR) is 83.6 cm³/mol. The molecule has 0 saturated carbocycles. The van der Waals surface area contributed by atoms with Gasteiger partial charge in [-0.15, -0.1) is 0 Å². The van der Waals surface area contributed by atoms with Crippen LogP contribution in [0.3, 0.4) is 0 Å². The minimum absolute atomic E-state index is 0.114. The summed E-state index contributed by atoms with van der Waals surface area (Å²) in [6.07, 6.45) is 3.05. The van der Waals surface area contributed by atoms with Crippen LogP contribution in [0.2, 0.25) is 0 Å². The number of carbonyl (C=O) groups excluding carboxylic acids is 1. The Hall–Kier alpha value is -3.16. The Morgan fingerprint density at radius 3 is 2.91 bits per heavy atom. The monoisotopic (exact) mass is 312 g/mol. The highest BCUT2D eigenvalue weighted by molar-refractivity contribution is 5.88. The fraction of sp³-hybridized carbons (Fsp3) is 0.200. The summed E-state index contributed by atoms with van der Waals surface area (Å²) in [7, 11) is 0. The zero-order valence-electron chi connectivity index (χ0n) is 12.5. The molecule has 2 amide bonds. The fourth-order valence-electron chi connectivity index (χ4n) is 2.10. The fourth-order valence-corrected chi connectivity index (χ4v) is 2.10. The first kappa shape index (κ1) is 14.8. The Bertz CT molecular complexity index is 753. The number of anilines is 1. The van der Waals surface area contributed by atoms with E-state index < -0.39 is 0 Å². The Kier molecular flexibility index (Phi) is 4.32. The second-order valence-electron chi connectivity index (χ2n) is 5.06. The summed E-state index contributed by atoms with van der Waals surface area (Å²) in [6.45, 7) is 2.40. The number of nitrogens with one attached hydrogen (secondary N) is 2. The average molecular weight is 312 g/mol. The van der Waals surface area contributed by atoms with Crippen molar-refractivity contribution in [1.29, 1.82) is 0 Å². The quantitative estimate of drug-likeness (QED) is 0.752. The number of carbonyl (C=O) groups is 1. The van der Waals surface area contributed by atoms with E-state index in [0.29, 0.717) is 18.1 Å². The van der Waals surface area contributed by atoms with E-state index in [-0.39, 0.29) is 12.1 Å². The second kappa shape index (κ2) is 6.73. The Labute approximate surface area is 132 Å². The zero-order chi connectivity index (χ0) is 16.1. The molecule has 0 saturated heterocycles. The Balaban J connectivity index is 1.55. The summed E-state index contributed by atoms with van der Waals surface area (Å²) in [6, 6.07) is 10.8. The molecule has 8 nitrogen and oxygen atoms in total. The first-order valence-corrected chi connectivity index (χ1v) is 7.13. The van der Waals surface area contributed by atoms with Crippen molar-refractivity contribution in [2.24, 2.45) is 0 Å². The van der Waals surface area contributed by atoms with Gasteiger partial charge in [0.2, 0.25) is 0 Å². The molecule has 2 N–H and O–H groups in total.